The van der Waals surface area contributed by atoms with Crippen molar-refractivity contribution in [1.29, 1.82) is 0 Å². The lowest BCUT2D eigenvalue weighted by molar-refractivity contribution is 0.669. The topological polar surface area (TPSA) is 38.9 Å². The highest BCUT2D eigenvalue weighted by atomic mass is 16.3. The van der Waals surface area contributed by atoms with Gasteiger partial charge in [0.05, 0.1) is 11.4 Å². The van der Waals surface area contributed by atoms with E-state index in [4.69, 9.17) is 14.4 Å². The number of hydrogen-bond donors (Lipinski definition) is 0. The summed E-state index contributed by atoms with van der Waals surface area (Å²) in [4.78, 5) is 10.4. The highest BCUT2D eigenvalue weighted by Gasteiger charge is 2.19. The molecule has 3 nitrogen and oxygen atoms in total. The van der Waals surface area contributed by atoms with Gasteiger partial charge in [0, 0.05) is 32.8 Å². The third kappa shape index (κ3) is 4.75. The van der Waals surface area contributed by atoms with Crippen molar-refractivity contribution < 1.29 is 4.42 Å². The molecule has 0 unspecified atom stereocenters. The van der Waals surface area contributed by atoms with E-state index in [0.29, 0.717) is 5.82 Å². The molecule has 0 saturated carbocycles. The summed E-state index contributed by atoms with van der Waals surface area (Å²) in [6.07, 6.45) is 0. The number of aromatic nitrogens is 2. The average molecular weight is 675 g/mol. The van der Waals surface area contributed by atoms with E-state index < -0.39 is 0 Å². The van der Waals surface area contributed by atoms with Gasteiger partial charge >= 0.3 is 0 Å². The van der Waals surface area contributed by atoms with Gasteiger partial charge in [0.25, 0.3) is 0 Å². The van der Waals surface area contributed by atoms with Crippen molar-refractivity contribution in [1.82, 2.24) is 9.97 Å². The molecular weight excluding hydrogens is 645 g/mol. The number of fused-ring (bicyclic) bond motifs is 12. The van der Waals surface area contributed by atoms with Crippen LogP contribution in [0.1, 0.15) is 0 Å². The quantitative estimate of drug-likeness (QED) is 0.174. The van der Waals surface area contributed by atoms with Gasteiger partial charge in [-0.3, -0.25) is 0 Å². The van der Waals surface area contributed by atoms with Crippen molar-refractivity contribution in [2.75, 3.05) is 0 Å². The molecule has 0 N–H and O–H groups in total. The third-order valence-electron chi connectivity index (χ3n) is 10.7. The number of nitrogens with zero attached hydrogens (tertiary/aromatic N) is 2. The normalized spacial score (nSPS) is 11.8. The van der Waals surface area contributed by atoms with Crippen molar-refractivity contribution in [2.24, 2.45) is 0 Å². The van der Waals surface area contributed by atoms with Gasteiger partial charge in [-0.05, 0) is 85.2 Å². The molecule has 0 saturated heterocycles. The summed E-state index contributed by atoms with van der Waals surface area (Å²) in [7, 11) is 0. The highest BCUT2D eigenvalue weighted by molar-refractivity contribution is 6.37. The van der Waals surface area contributed by atoms with Crippen LogP contribution in [0.3, 0.4) is 0 Å². The first-order valence-electron chi connectivity index (χ1n) is 18.0. The van der Waals surface area contributed by atoms with Gasteiger partial charge in [0.1, 0.15) is 11.2 Å². The minimum atomic E-state index is 0.672. The molecule has 9 aromatic carbocycles. The molecule has 0 spiro atoms. The lowest BCUT2D eigenvalue weighted by atomic mass is 9.89. The number of benzene rings is 9. The Hall–Kier alpha value is -7.10. The largest absolute Gasteiger partial charge is 0.456 e. The van der Waals surface area contributed by atoms with E-state index in [0.717, 1.165) is 50.0 Å². The van der Waals surface area contributed by atoms with E-state index in [1.807, 2.05) is 12.1 Å². The SMILES string of the molecule is c1ccc(-c2ccc(-c3cc(-c4ccccc4)nc(-c4ccc5oc6ccc7c8c9ccccc9ccc8c8ccccc8c7c6c5c4)n3)cc2)cc1. The zero-order valence-electron chi connectivity index (χ0n) is 28.6. The van der Waals surface area contributed by atoms with Crippen LogP contribution in [-0.2, 0) is 0 Å². The fourth-order valence-corrected chi connectivity index (χ4v) is 8.16. The lowest BCUT2D eigenvalue weighted by Crippen LogP contribution is -1.96. The number of rotatable bonds is 4. The molecule has 0 fully saturated rings. The predicted molar refractivity (Wildman–Crippen MR) is 221 cm³/mol. The van der Waals surface area contributed by atoms with E-state index >= 15 is 0 Å². The summed E-state index contributed by atoms with van der Waals surface area (Å²) in [6.45, 7) is 0. The Balaban J connectivity index is 1.16. The lowest BCUT2D eigenvalue weighted by Gasteiger charge is -2.13. The standard InChI is InChI=1S/C50H30N2O/c1-3-11-31(12-4-1)32-19-21-35(22-20-32)44-30-43(34-14-5-2-6-15-34)51-50(52-44)36-24-27-45-42(29-36)49-46(53-45)28-26-41-47-37-16-8-7-13-33(37)23-25-40(47)38-17-9-10-18-39(38)48(41)49/h1-30H. The van der Waals surface area contributed by atoms with Crippen LogP contribution in [0.5, 0.6) is 0 Å². The molecule has 11 aromatic rings. The minimum absolute atomic E-state index is 0.672. The van der Waals surface area contributed by atoms with Crippen LogP contribution >= 0.6 is 0 Å². The second-order valence-electron chi connectivity index (χ2n) is 13.7. The number of hydrogen-bond acceptors (Lipinski definition) is 3. The van der Waals surface area contributed by atoms with Crippen LogP contribution in [0, 0.1) is 0 Å². The molecule has 0 radical (unpaired) electrons. The average Bonchev–Trinajstić information content (AvgIpc) is 3.62. The second-order valence-corrected chi connectivity index (χ2v) is 13.7. The van der Waals surface area contributed by atoms with Gasteiger partial charge in [-0.25, -0.2) is 9.97 Å². The van der Waals surface area contributed by atoms with E-state index in [1.165, 1.54) is 54.2 Å². The molecule has 0 bridgehead atoms. The Morgan fingerprint density at radius 1 is 0.302 bits per heavy atom. The van der Waals surface area contributed by atoms with Crippen molar-refractivity contribution >= 4 is 65.0 Å². The molecule has 0 amide bonds. The zero-order valence-corrected chi connectivity index (χ0v) is 28.6. The Morgan fingerprint density at radius 3 is 1.62 bits per heavy atom. The fraction of sp³-hybridized carbons (Fsp3) is 0. The van der Waals surface area contributed by atoms with Crippen molar-refractivity contribution in [3.63, 3.8) is 0 Å². The van der Waals surface area contributed by atoms with Gasteiger partial charge in [-0.1, -0.05) is 146 Å². The van der Waals surface area contributed by atoms with Gasteiger partial charge in [0.2, 0.25) is 0 Å². The molecule has 0 aliphatic rings. The summed E-state index contributed by atoms with van der Waals surface area (Å²) in [5.74, 6) is 0.672. The van der Waals surface area contributed by atoms with Crippen LogP contribution in [0.4, 0.5) is 0 Å². The summed E-state index contributed by atoms with van der Waals surface area (Å²) in [5, 5.41) is 12.1. The van der Waals surface area contributed by atoms with Gasteiger partial charge in [0.15, 0.2) is 5.82 Å². The first-order chi connectivity index (χ1) is 26.3. The summed E-state index contributed by atoms with van der Waals surface area (Å²) in [6, 6.07) is 64.3. The first kappa shape index (κ1) is 29.6. The highest BCUT2D eigenvalue weighted by Crippen LogP contribution is 2.45. The van der Waals surface area contributed by atoms with Crippen LogP contribution in [-0.4, -0.2) is 9.97 Å². The van der Waals surface area contributed by atoms with Gasteiger partial charge < -0.3 is 4.42 Å². The first-order valence-corrected chi connectivity index (χ1v) is 18.0. The molecule has 246 valence electrons. The van der Waals surface area contributed by atoms with E-state index in [2.05, 4.69) is 170 Å². The maximum atomic E-state index is 6.59. The molecule has 0 atom stereocenters. The molecule has 0 aliphatic heterocycles. The molecule has 2 heterocycles. The second kappa shape index (κ2) is 11.7. The summed E-state index contributed by atoms with van der Waals surface area (Å²) < 4.78 is 6.59. The Kier molecular flexibility index (Phi) is 6.55. The van der Waals surface area contributed by atoms with Crippen LogP contribution in [0.15, 0.2) is 186 Å². The Morgan fingerprint density at radius 2 is 0.849 bits per heavy atom. The van der Waals surface area contributed by atoms with Crippen molar-refractivity contribution in [3.05, 3.63) is 182 Å². The van der Waals surface area contributed by atoms with Gasteiger partial charge in [-0.15, -0.1) is 0 Å². The molecule has 2 aromatic heterocycles. The molecule has 53 heavy (non-hydrogen) atoms. The van der Waals surface area contributed by atoms with Crippen LogP contribution in [0.25, 0.3) is 110 Å². The Bertz CT molecular complexity index is 3200. The molecule has 11 rings (SSSR count). The Labute approximate surface area is 305 Å². The van der Waals surface area contributed by atoms with Crippen LogP contribution < -0.4 is 0 Å². The predicted octanol–water partition coefficient (Wildman–Crippen LogP) is 13.7. The maximum Gasteiger partial charge on any atom is 0.160 e. The van der Waals surface area contributed by atoms with E-state index in [9.17, 15) is 0 Å². The fourth-order valence-electron chi connectivity index (χ4n) is 8.16. The summed E-state index contributed by atoms with van der Waals surface area (Å²) >= 11 is 0. The van der Waals surface area contributed by atoms with E-state index in [-0.39, 0.29) is 0 Å². The molecule has 0 aliphatic carbocycles. The van der Waals surface area contributed by atoms with Gasteiger partial charge in [-0.2, -0.15) is 0 Å². The summed E-state index contributed by atoms with van der Waals surface area (Å²) in [5.41, 5.74) is 8.85. The van der Waals surface area contributed by atoms with Crippen molar-refractivity contribution in [3.8, 4) is 45.0 Å². The molecular formula is C50H30N2O. The van der Waals surface area contributed by atoms with Crippen LogP contribution in [0.2, 0.25) is 0 Å². The smallest absolute Gasteiger partial charge is 0.160 e. The van der Waals surface area contributed by atoms with E-state index in [1.54, 1.807) is 0 Å². The minimum Gasteiger partial charge on any atom is -0.456 e. The zero-order chi connectivity index (χ0) is 34.9. The number of furan rings is 1. The maximum absolute atomic E-state index is 6.59. The molecule has 3 heteroatoms. The monoisotopic (exact) mass is 674 g/mol. The van der Waals surface area contributed by atoms with Crippen molar-refractivity contribution in [2.45, 2.75) is 0 Å². The third-order valence-corrected chi connectivity index (χ3v) is 10.7.